The Morgan fingerprint density at radius 2 is 1.06 bits per heavy atom. The van der Waals surface area contributed by atoms with Gasteiger partial charge in [0, 0.05) is 0 Å². The molecule has 0 bridgehead atoms. The molecule has 4 nitrogen and oxygen atoms in total. The van der Waals surface area contributed by atoms with E-state index >= 15 is 0 Å². The third-order valence-electron chi connectivity index (χ3n) is 9.45. The Morgan fingerprint density at radius 1 is 0.420 bits per heavy atom. The van der Waals surface area contributed by atoms with Crippen LogP contribution in [0.2, 0.25) is 0 Å². The average Bonchev–Trinajstić information content (AvgIpc) is 3.78. The van der Waals surface area contributed by atoms with Crippen LogP contribution in [0.15, 0.2) is 170 Å². The van der Waals surface area contributed by atoms with Gasteiger partial charge in [-0.25, -0.2) is 0 Å². The van der Waals surface area contributed by atoms with Gasteiger partial charge in [-0.05, 0) is 18.2 Å². The van der Waals surface area contributed by atoms with Crippen molar-refractivity contribution in [3.05, 3.63) is 170 Å². The van der Waals surface area contributed by atoms with E-state index in [-0.39, 0.29) is 14.5 Å². The predicted molar refractivity (Wildman–Crippen MR) is 208 cm³/mol. The number of hydrogen-bond donors (Lipinski definition) is 0. The van der Waals surface area contributed by atoms with Gasteiger partial charge in [-0.3, -0.25) is 0 Å². The number of hydrogen-bond acceptors (Lipinski definition) is 3. The second-order valence-corrected chi connectivity index (χ2v) is 14.5. The van der Waals surface area contributed by atoms with Crippen LogP contribution in [0.1, 0.15) is 0 Å². The van der Waals surface area contributed by atoms with Crippen molar-refractivity contribution >= 4 is 56.9 Å². The van der Waals surface area contributed by atoms with Crippen LogP contribution in [-0.2, 0) is 0 Å². The zero-order valence-corrected chi connectivity index (χ0v) is 28.6. The Balaban J connectivity index is 1.19. The van der Waals surface area contributed by atoms with E-state index in [1.165, 1.54) is 36.1 Å². The van der Waals surface area contributed by atoms with Crippen molar-refractivity contribution < 1.29 is 0 Å². The van der Waals surface area contributed by atoms with Crippen molar-refractivity contribution in [1.29, 1.82) is 0 Å². The molecule has 0 spiro atoms. The predicted octanol–water partition coefficient (Wildman–Crippen LogP) is 11.0. The van der Waals surface area contributed by atoms with E-state index in [0.29, 0.717) is 5.82 Å². The summed E-state index contributed by atoms with van der Waals surface area (Å²) in [6.07, 6.45) is 0. The average molecular weight is 704 g/mol. The second kappa shape index (κ2) is 11.8. The van der Waals surface area contributed by atoms with Crippen molar-refractivity contribution in [3.8, 4) is 49.7 Å². The number of fused-ring (bicyclic) bond motifs is 6. The van der Waals surface area contributed by atoms with Gasteiger partial charge in [0.25, 0.3) is 0 Å². The molecule has 0 amide bonds. The van der Waals surface area contributed by atoms with Crippen molar-refractivity contribution in [2.24, 2.45) is 0 Å². The van der Waals surface area contributed by atoms with Crippen molar-refractivity contribution in [3.63, 3.8) is 0 Å². The first-order valence-electron chi connectivity index (χ1n) is 16.7. The summed E-state index contributed by atoms with van der Waals surface area (Å²) in [6, 6.07) is 59.9. The molecule has 0 N–H and O–H groups in total. The van der Waals surface area contributed by atoms with Gasteiger partial charge in [0.15, 0.2) is 0 Å². The standard InChI is InChI=1S/C45H28N4Se/c1-4-13-29(14-5-1)39-28-40(31-23-24-35-34-19-10-11-22-41(34)49(42(35)27-31)32-17-8-3-9-18-32)47-44(46-39)37-21-12-20-36-33(37)25-26-38-43(36)50-45(48-38)30-15-6-2-7-16-30/h1-28H. The van der Waals surface area contributed by atoms with Crippen LogP contribution >= 0.6 is 0 Å². The Labute approximate surface area is 294 Å². The van der Waals surface area contributed by atoms with Crippen LogP contribution in [0.4, 0.5) is 0 Å². The number of para-hydroxylation sites is 2. The molecule has 0 aliphatic heterocycles. The first kappa shape index (κ1) is 28.8. The molecule has 0 aliphatic rings. The zero-order chi connectivity index (χ0) is 33.0. The van der Waals surface area contributed by atoms with Gasteiger partial charge in [-0.1, -0.05) is 36.4 Å². The maximum atomic E-state index is 5.32. The molecule has 234 valence electrons. The van der Waals surface area contributed by atoms with Crippen LogP contribution in [0, 0.1) is 0 Å². The minimum atomic E-state index is 0.0966. The number of rotatable bonds is 5. The molecule has 0 radical (unpaired) electrons. The van der Waals surface area contributed by atoms with Crippen LogP contribution in [0.5, 0.6) is 0 Å². The summed E-state index contributed by atoms with van der Waals surface area (Å²) in [6.45, 7) is 0. The summed E-state index contributed by atoms with van der Waals surface area (Å²) in [4.78, 5) is 15.6. The Kier molecular flexibility index (Phi) is 6.80. The zero-order valence-electron chi connectivity index (χ0n) is 26.9. The van der Waals surface area contributed by atoms with Gasteiger partial charge in [0.2, 0.25) is 0 Å². The molecule has 0 saturated heterocycles. The molecule has 3 aromatic heterocycles. The summed E-state index contributed by atoms with van der Waals surface area (Å²) in [5, 5.41) is 4.82. The quantitative estimate of drug-likeness (QED) is 0.168. The number of nitrogens with zero attached hydrogens (tertiary/aromatic N) is 4. The Morgan fingerprint density at radius 3 is 1.86 bits per heavy atom. The van der Waals surface area contributed by atoms with Crippen LogP contribution in [-0.4, -0.2) is 34.0 Å². The van der Waals surface area contributed by atoms with E-state index in [9.17, 15) is 0 Å². The van der Waals surface area contributed by atoms with E-state index in [4.69, 9.17) is 15.0 Å². The molecule has 0 unspecified atom stereocenters. The van der Waals surface area contributed by atoms with Gasteiger partial charge in [-0.2, -0.15) is 0 Å². The summed E-state index contributed by atoms with van der Waals surface area (Å²) >= 11 is 0.0966. The van der Waals surface area contributed by atoms with E-state index in [2.05, 4.69) is 168 Å². The van der Waals surface area contributed by atoms with Crippen molar-refractivity contribution in [1.82, 2.24) is 19.5 Å². The van der Waals surface area contributed by atoms with E-state index in [1.54, 1.807) is 0 Å². The van der Waals surface area contributed by atoms with Gasteiger partial charge in [0.05, 0.1) is 0 Å². The molecule has 0 fully saturated rings. The fourth-order valence-electron chi connectivity index (χ4n) is 7.10. The minimum absolute atomic E-state index is 0.0966. The van der Waals surface area contributed by atoms with Crippen molar-refractivity contribution in [2.45, 2.75) is 0 Å². The normalized spacial score (nSPS) is 11.6. The summed E-state index contributed by atoms with van der Waals surface area (Å²) in [7, 11) is 0. The van der Waals surface area contributed by atoms with Crippen molar-refractivity contribution in [2.75, 3.05) is 0 Å². The first-order valence-corrected chi connectivity index (χ1v) is 18.4. The number of benzene rings is 7. The molecule has 7 aromatic carbocycles. The Hall–Kier alpha value is -6.13. The van der Waals surface area contributed by atoms with Gasteiger partial charge in [0.1, 0.15) is 0 Å². The third kappa shape index (κ3) is 4.79. The molecular formula is C45H28N4Se. The molecule has 0 saturated carbocycles. The fourth-order valence-corrected chi connectivity index (χ4v) is 9.40. The summed E-state index contributed by atoms with van der Waals surface area (Å²) < 4.78 is 4.83. The van der Waals surface area contributed by atoms with E-state index in [1.807, 2.05) is 6.07 Å². The first-order chi connectivity index (χ1) is 24.8. The topological polar surface area (TPSA) is 43.6 Å². The number of aromatic nitrogens is 4. The third-order valence-corrected chi connectivity index (χ3v) is 11.9. The van der Waals surface area contributed by atoms with E-state index in [0.717, 1.165) is 50.2 Å². The van der Waals surface area contributed by atoms with Crippen LogP contribution in [0.3, 0.4) is 0 Å². The van der Waals surface area contributed by atoms with Gasteiger partial charge >= 0.3 is 241 Å². The van der Waals surface area contributed by atoms with Crippen LogP contribution in [0.25, 0.3) is 92.1 Å². The van der Waals surface area contributed by atoms with Gasteiger partial charge in [-0.15, -0.1) is 0 Å². The molecular weight excluding hydrogens is 675 g/mol. The second-order valence-electron chi connectivity index (χ2n) is 12.4. The van der Waals surface area contributed by atoms with E-state index < -0.39 is 0 Å². The molecule has 10 rings (SSSR count). The summed E-state index contributed by atoms with van der Waals surface area (Å²) in [5.41, 5.74) is 10.6. The molecule has 0 atom stereocenters. The van der Waals surface area contributed by atoms with Gasteiger partial charge < -0.3 is 0 Å². The molecule has 50 heavy (non-hydrogen) atoms. The molecule has 3 heterocycles. The SMILES string of the molecule is c1ccc(-c2cc(-c3ccc4c5ccccc5n(-c5ccccc5)c4c3)nc(-c3cccc4c3ccc3nc(-c5ccccc5)[se]c34)n2)cc1. The fraction of sp³-hybridized carbons (Fsp3) is 0. The molecule has 5 heteroatoms. The maximum absolute atomic E-state index is 5.32. The molecule has 0 aliphatic carbocycles. The Bertz CT molecular complexity index is 2860. The monoisotopic (exact) mass is 704 g/mol. The molecule has 10 aromatic rings. The van der Waals surface area contributed by atoms with Crippen LogP contribution < -0.4 is 0 Å². The summed E-state index contributed by atoms with van der Waals surface area (Å²) in [5.74, 6) is 0.713.